The van der Waals surface area contributed by atoms with E-state index in [1.54, 1.807) is 11.4 Å². The van der Waals surface area contributed by atoms with Crippen molar-refractivity contribution in [2.45, 2.75) is 18.9 Å². The Morgan fingerprint density at radius 2 is 2.08 bits per heavy atom. The van der Waals surface area contributed by atoms with E-state index in [-0.39, 0.29) is 5.75 Å². The van der Waals surface area contributed by atoms with Crippen LogP contribution in [0.5, 0.6) is 0 Å². The fourth-order valence-electron chi connectivity index (χ4n) is 3.39. The maximum Gasteiger partial charge on any atom is 0.214 e. The zero-order valence-corrected chi connectivity index (χ0v) is 17.4. The first-order valence-electron chi connectivity index (χ1n) is 8.93. The van der Waals surface area contributed by atoms with Crippen LogP contribution in [-0.2, 0) is 10.0 Å². The third-order valence-electron chi connectivity index (χ3n) is 4.80. The summed E-state index contributed by atoms with van der Waals surface area (Å²) in [5, 5.41) is 6.67. The van der Waals surface area contributed by atoms with Crippen LogP contribution in [0.1, 0.15) is 12.8 Å². The fraction of sp³-hybridized carbons (Fsp3) is 0.588. The smallest absolute Gasteiger partial charge is 0.214 e. The average molecular weight is 444 g/mol. The van der Waals surface area contributed by atoms with E-state index in [1.165, 1.54) is 5.69 Å². The van der Waals surface area contributed by atoms with Gasteiger partial charge in [-0.25, -0.2) is 12.7 Å². The molecule has 1 unspecified atom stereocenters. The zero-order valence-electron chi connectivity index (χ0n) is 15.0. The standard InChI is InChI=1S/C17H26BrN5O2S/c1-19-17(20-8-11-23-9-2-12-26(23,24)25)21-15-7-10-22(13-15)16-5-3-14(18)4-6-16/h3-6,15H,2,7-13H2,1H3,(H2,19,20,21). The first kappa shape index (κ1) is 19.4. The average Bonchev–Trinajstić information content (AvgIpc) is 3.21. The van der Waals surface area contributed by atoms with Crippen molar-refractivity contribution in [3.8, 4) is 0 Å². The number of hydrogen-bond acceptors (Lipinski definition) is 4. The summed E-state index contributed by atoms with van der Waals surface area (Å²) in [5.74, 6) is 0.998. The van der Waals surface area contributed by atoms with E-state index in [4.69, 9.17) is 0 Å². The number of aliphatic imine (C=N–C) groups is 1. The van der Waals surface area contributed by atoms with Crippen molar-refractivity contribution in [2.24, 2.45) is 4.99 Å². The van der Waals surface area contributed by atoms with E-state index in [2.05, 4.69) is 60.7 Å². The Hall–Kier alpha value is -1.32. The summed E-state index contributed by atoms with van der Waals surface area (Å²) in [6.07, 6.45) is 1.76. The van der Waals surface area contributed by atoms with Crippen LogP contribution in [0.15, 0.2) is 33.7 Å². The first-order chi connectivity index (χ1) is 12.5. The highest BCUT2D eigenvalue weighted by Crippen LogP contribution is 2.22. The van der Waals surface area contributed by atoms with Gasteiger partial charge in [0.2, 0.25) is 10.0 Å². The Morgan fingerprint density at radius 3 is 2.73 bits per heavy atom. The number of rotatable bonds is 5. The number of sulfonamides is 1. The van der Waals surface area contributed by atoms with Crippen LogP contribution in [0, 0.1) is 0 Å². The lowest BCUT2D eigenvalue weighted by Gasteiger charge is -2.21. The molecular weight excluding hydrogens is 418 g/mol. The van der Waals surface area contributed by atoms with Crippen molar-refractivity contribution in [2.75, 3.05) is 50.4 Å². The second kappa shape index (κ2) is 8.58. The van der Waals surface area contributed by atoms with Gasteiger partial charge in [0, 0.05) is 56.0 Å². The Bertz CT molecular complexity index is 738. The lowest BCUT2D eigenvalue weighted by molar-refractivity contribution is 0.444. The molecule has 0 aromatic heterocycles. The molecule has 0 spiro atoms. The largest absolute Gasteiger partial charge is 0.369 e. The third-order valence-corrected chi connectivity index (χ3v) is 7.29. The molecule has 2 heterocycles. The minimum Gasteiger partial charge on any atom is -0.369 e. The number of halogens is 1. The van der Waals surface area contributed by atoms with Crippen molar-refractivity contribution in [3.05, 3.63) is 28.7 Å². The second-order valence-corrected chi connectivity index (χ2v) is 9.62. The van der Waals surface area contributed by atoms with Crippen molar-refractivity contribution in [1.82, 2.24) is 14.9 Å². The number of nitrogens with zero attached hydrogens (tertiary/aromatic N) is 3. The molecule has 0 saturated carbocycles. The highest BCUT2D eigenvalue weighted by molar-refractivity contribution is 9.10. The molecule has 1 atom stereocenters. The Morgan fingerprint density at radius 1 is 1.31 bits per heavy atom. The van der Waals surface area contributed by atoms with E-state index >= 15 is 0 Å². The Kier molecular flexibility index (Phi) is 6.42. The lowest BCUT2D eigenvalue weighted by atomic mass is 10.3. The van der Waals surface area contributed by atoms with Gasteiger partial charge in [-0.1, -0.05) is 15.9 Å². The summed E-state index contributed by atoms with van der Waals surface area (Å²) in [7, 11) is -1.29. The third kappa shape index (κ3) is 4.89. The van der Waals surface area contributed by atoms with Gasteiger partial charge >= 0.3 is 0 Å². The molecule has 0 amide bonds. The molecule has 3 rings (SSSR count). The molecule has 7 nitrogen and oxygen atoms in total. The molecule has 1 aromatic carbocycles. The molecule has 2 N–H and O–H groups in total. The van der Waals surface area contributed by atoms with Crippen LogP contribution in [-0.4, -0.2) is 70.2 Å². The van der Waals surface area contributed by atoms with Crippen LogP contribution < -0.4 is 15.5 Å². The summed E-state index contributed by atoms with van der Waals surface area (Å²) in [6, 6.07) is 8.68. The van der Waals surface area contributed by atoms with Gasteiger partial charge in [0.05, 0.1) is 5.75 Å². The highest BCUT2D eigenvalue weighted by atomic mass is 79.9. The lowest BCUT2D eigenvalue weighted by Crippen LogP contribution is -2.46. The summed E-state index contributed by atoms with van der Waals surface area (Å²) in [6.45, 7) is 3.59. The van der Waals surface area contributed by atoms with Gasteiger partial charge in [0.15, 0.2) is 5.96 Å². The van der Waals surface area contributed by atoms with Crippen LogP contribution in [0.25, 0.3) is 0 Å². The van der Waals surface area contributed by atoms with Crippen molar-refractivity contribution in [1.29, 1.82) is 0 Å². The molecule has 26 heavy (non-hydrogen) atoms. The zero-order chi connectivity index (χ0) is 18.6. The summed E-state index contributed by atoms with van der Waals surface area (Å²) >= 11 is 3.47. The number of nitrogens with one attached hydrogen (secondary N) is 2. The van der Waals surface area contributed by atoms with Crippen molar-refractivity contribution >= 4 is 37.6 Å². The van der Waals surface area contributed by atoms with Crippen molar-refractivity contribution < 1.29 is 8.42 Å². The summed E-state index contributed by atoms with van der Waals surface area (Å²) in [4.78, 5) is 6.62. The molecule has 2 aliphatic heterocycles. The predicted octanol–water partition coefficient (Wildman–Crippen LogP) is 1.23. The highest BCUT2D eigenvalue weighted by Gasteiger charge is 2.28. The molecular formula is C17H26BrN5O2S. The van der Waals surface area contributed by atoms with Crippen molar-refractivity contribution in [3.63, 3.8) is 0 Å². The minimum absolute atomic E-state index is 0.272. The number of guanidine groups is 1. The van der Waals surface area contributed by atoms with Crippen LogP contribution >= 0.6 is 15.9 Å². The van der Waals surface area contributed by atoms with Gasteiger partial charge in [0.25, 0.3) is 0 Å². The maximum absolute atomic E-state index is 11.8. The van der Waals surface area contributed by atoms with E-state index in [0.717, 1.165) is 36.4 Å². The van der Waals surface area contributed by atoms with Gasteiger partial charge in [-0.3, -0.25) is 4.99 Å². The summed E-state index contributed by atoms with van der Waals surface area (Å²) in [5.41, 5.74) is 1.22. The van der Waals surface area contributed by atoms with Gasteiger partial charge in [0.1, 0.15) is 0 Å². The van der Waals surface area contributed by atoms with Gasteiger partial charge in [-0.15, -0.1) is 0 Å². The van der Waals surface area contributed by atoms with E-state index < -0.39 is 10.0 Å². The number of anilines is 1. The molecule has 0 radical (unpaired) electrons. The molecule has 144 valence electrons. The maximum atomic E-state index is 11.8. The Balaban J connectivity index is 1.44. The molecule has 1 aromatic rings. The molecule has 0 aliphatic carbocycles. The SMILES string of the molecule is CN=C(NCCN1CCCS1(=O)=O)NC1CCN(c2ccc(Br)cc2)C1. The molecule has 2 aliphatic rings. The van der Waals surface area contributed by atoms with Gasteiger partial charge in [-0.05, 0) is 37.1 Å². The van der Waals surface area contributed by atoms with Gasteiger partial charge < -0.3 is 15.5 Å². The minimum atomic E-state index is -3.03. The molecule has 2 saturated heterocycles. The number of hydrogen-bond donors (Lipinski definition) is 2. The van der Waals surface area contributed by atoms with E-state index in [1.807, 2.05) is 0 Å². The quantitative estimate of drug-likeness (QED) is 0.528. The van der Waals surface area contributed by atoms with E-state index in [9.17, 15) is 8.42 Å². The topological polar surface area (TPSA) is 77.0 Å². The Labute approximate surface area is 164 Å². The second-order valence-electron chi connectivity index (χ2n) is 6.62. The monoisotopic (exact) mass is 443 g/mol. The molecule has 0 bridgehead atoms. The van der Waals surface area contributed by atoms with Gasteiger partial charge in [-0.2, -0.15) is 0 Å². The van der Waals surface area contributed by atoms with Crippen LogP contribution in [0.4, 0.5) is 5.69 Å². The van der Waals surface area contributed by atoms with Crippen LogP contribution in [0.3, 0.4) is 0 Å². The molecule has 9 heteroatoms. The normalized spacial score (nSPS) is 23.4. The predicted molar refractivity (Wildman–Crippen MR) is 109 cm³/mol. The molecule has 2 fully saturated rings. The fourth-order valence-corrected chi connectivity index (χ4v) is 5.19. The van der Waals surface area contributed by atoms with Crippen LogP contribution in [0.2, 0.25) is 0 Å². The number of benzene rings is 1. The first-order valence-corrected chi connectivity index (χ1v) is 11.3. The van der Waals surface area contributed by atoms with E-state index in [0.29, 0.717) is 25.7 Å². The summed E-state index contributed by atoms with van der Waals surface area (Å²) < 4.78 is 26.3.